The number of imidazole rings is 1. The highest BCUT2D eigenvalue weighted by molar-refractivity contribution is 5.71. The summed E-state index contributed by atoms with van der Waals surface area (Å²) >= 11 is 0. The molecule has 0 spiro atoms. The molecule has 1 unspecified atom stereocenters. The Morgan fingerprint density at radius 2 is 2.33 bits per heavy atom. The van der Waals surface area contributed by atoms with Crippen molar-refractivity contribution in [2.75, 3.05) is 13.2 Å². The summed E-state index contributed by atoms with van der Waals surface area (Å²) < 4.78 is 11.1. The van der Waals surface area contributed by atoms with Crippen LogP contribution in [-0.2, 0) is 4.74 Å². The lowest BCUT2D eigenvalue weighted by Crippen LogP contribution is -2.12. The number of pyridine rings is 1. The van der Waals surface area contributed by atoms with Gasteiger partial charge in [-0.1, -0.05) is 0 Å². The van der Waals surface area contributed by atoms with Gasteiger partial charge < -0.3 is 14.5 Å². The Morgan fingerprint density at radius 3 is 3.11 bits per heavy atom. The molecule has 0 radical (unpaired) electrons. The number of ether oxygens (including phenoxy) is 2. The molecule has 1 aliphatic rings. The first kappa shape index (κ1) is 11.5. The Morgan fingerprint density at radius 1 is 1.39 bits per heavy atom. The van der Waals surface area contributed by atoms with Gasteiger partial charge in [0.15, 0.2) is 5.65 Å². The number of hydrogen-bond donors (Lipinski definition) is 1. The molecular formula is C13H17N3O2. The molecule has 0 amide bonds. The second kappa shape index (κ2) is 4.94. The third-order valence-corrected chi connectivity index (χ3v) is 3.12. The van der Waals surface area contributed by atoms with Crippen LogP contribution in [0.5, 0.6) is 5.88 Å². The van der Waals surface area contributed by atoms with Crippen molar-refractivity contribution in [1.82, 2.24) is 15.0 Å². The first-order valence-electron chi connectivity index (χ1n) is 6.48. The Bertz CT molecular complexity index is 532. The van der Waals surface area contributed by atoms with Crippen LogP contribution in [0.1, 0.15) is 38.1 Å². The van der Waals surface area contributed by atoms with Crippen LogP contribution < -0.4 is 4.74 Å². The minimum absolute atomic E-state index is 0.0866. The zero-order chi connectivity index (χ0) is 12.4. The molecule has 1 fully saturated rings. The molecule has 1 N–H and O–H groups in total. The molecule has 1 atom stereocenters. The summed E-state index contributed by atoms with van der Waals surface area (Å²) in [6.07, 6.45) is 3.45. The Hall–Kier alpha value is -1.62. The molecule has 0 aliphatic carbocycles. The zero-order valence-corrected chi connectivity index (χ0v) is 10.5. The lowest BCUT2D eigenvalue weighted by Gasteiger charge is -2.20. The molecule has 5 heteroatoms. The summed E-state index contributed by atoms with van der Waals surface area (Å²) in [5.74, 6) is 1.50. The van der Waals surface area contributed by atoms with Gasteiger partial charge in [-0.05, 0) is 32.3 Å². The van der Waals surface area contributed by atoms with E-state index >= 15 is 0 Å². The van der Waals surface area contributed by atoms with E-state index in [1.54, 1.807) is 0 Å². The van der Waals surface area contributed by atoms with Crippen LogP contribution in [0.15, 0.2) is 12.1 Å². The lowest BCUT2D eigenvalue weighted by molar-refractivity contribution is 0.0101. The lowest BCUT2D eigenvalue weighted by atomic mass is 10.1. The van der Waals surface area contributed by atoms with Crippen molar-refractivity contribution in [2.24, 2.45) is 0 Å². The molecule has 1 saturated heterocycles. The van der Waals surface area contributed by atoms with E-state index in [4.69, 9.17) is 9.47 Å². The van der Waals surface area contributed by atoms with Crippen molar-refractivity contribution in [3.05, 3.63) is 18.0 Å². The van der Waals surface area contributed by atoms with Crippen LogP contribution in [-0.4, -0.2) is 28.2 Å². The minimum Gasteiger partial charge on any atom is -0.478 e. The second-order valence-electron chi connectivity index (χ2n) is 4.43. The van der Waals surface area contributed by atoms with E-state index in [0.29, 0.717) is 18.1 Å². The SMILES string of the molecule is CCOc1ccc2[nH]c(C3CCCCO3)nc2n1. The van der Waals surface area contributed by atoms with Crippen molar-refractivity contribution in [3.8, 4) is 5.88 Å². The second-order valence-corrected chi connectivity index (χ2v) is 4.43. The predicted octanol–water partition coefficient (Wildman–Crippen LogP) is 2.60. The number of nitrogens with one attached hydrogen (secondary N) is 1. The quantitative estimate of drug-likeness (QED) is 0.905. The van der Waals surface area contributed by atoms with Crippen molar-refractivity contribution in [2.45, 2.75) is 32.3 Å². The van der Waals surface area contributed by atoms with Crippen LogP contribution >= 0.6 is 0 Å². The van der Waals surface area contributed by atoms with Crippen LogP contribution in [0.25, 0.3) is 11.2 Å². The van der Waals surface area contributed by atoms with Crippen LogP contribution in [0.4, 0.5) is 0 Å². The minimum atomic E-state index is 0.0866. The normalized spacial score (nSPS) is 20.2. The van der Waals surface area contributed by atoms with Gasteiger partial charge in [-0.3, -0.25) is 0 Å². The molecule has 5 nitrogen and oxygen atoms in total. The molecule has 3 rings (SSSR count). The van der Waals surface area contributed by atoms with Gasteiger partial charge in [0, 0.05) is 12.7 Å². The van der Waals surface area contributed by atoms with E-state index in [1.807, 2.05) is 19.1 Å². The predicted molar refractivity (Wildman–Crippen MR) is 67.6 cm³/mol. The maximum atomic E-state index is 5.72. The average molecular weight is 247 g/mol. The monoisotopic (exact) mass is 247 g/mol. The average Bonchev–Trinajstić information content (AvgIpc) is 2.83. The summed E-state index contributed by atoms with van der Waals surface area (Å²) in [5.41, 5.74) is 1.63. The molecule has 0 aromatic carbocycles. The van der Waals surface area contributed by atoms with Crippen LogP contribution in [0.3, 0.4) is 0 Å². The van der Waals surface area contributed by atoms with Crippen molar-refractivity contribution >= 4 is 11.2 Å². The highest BCUT2D eigenvalue weighted by atomic mass is 16.5. The van der Waals surface area contributed by atoms with Gasteiger partial charge in [0.2, 0.25) is 5.88 Å². The number of aromatic amines is 1. The van der Waals surface area contributed by atoms with E-state index in [2.05, 4.69) is 15.0 Å². The van der Waals surface area contributed by atoms with Crippen molar-refractivity contribution in [1.29, 1.82) is 0 Å². The largest absolute Gasteiger partial charge is 0.478 e. The Balaban J connectivity index is 1.89. The summed E-state index contributed by atoms with van der Waals surface area (Å²) in [6, 6.07) is 3.81. The fraction of sp³-hybridized carbons (Fsp3) is 0.538. The summed E-state index contributed by atoms with van der Waals surface area (Å²) in [5, 5.41) is 0. The van der Waals surface area contributed by atoms with Gasteiger partial charge in [0.05, 0.1) is 12.1 Å². The molecule has 0 bridgehead atoms. The van der Waals surface area contributed by atoms with Gasteiger partial charge in [-0.25, -0.2) is 4.98 Å². The number of nitrogens with zero attached hydrogens (tertiary/aromatic N) is 2. The first-order chi connectivity index (χ1) is 8.86. The smallest absolute Gasteiger partial charge is 0.215 e. The van der Waals surface area contributed by atoms with Gasteiger partial charge in [0.1, 0.15) is 11.9 Å². The fourth-order valence-corrected chi connectivity index (χ4v) is 2.23. The molecule has 96 valence electrons. The summed E-state index contributed by atoms with van der Waals surface area (Å²) in [7, 11) is 0. The molecule has 2 aromatic heterocycles. The van der Waals surface area contributed by atoms with E-state index in [-0.39, 0.29) is 6.10 Å². The molecule has 0 saturated carbocycles. The zero-order valence-electron chi connectivity index (χ0n) is 10.5. The number of rotatable bonds is 3. The maximum absolute atomic E-state index is 5.72. The van der Waals surface area contributed by atoms with Crippen molar-refractivity contribution in [3.63, 3.8) is 0 Å². The molecule has 3 heterocycles. The van der Waals surface area contributed by atoms with E-state index in [9.17, 15) is 0 Å². The maximum Gasteiger partial charge on any atom is 0.215 e. The van der Waals surface area contributed by atoms with Crippen molar-refractivity contribution < 1.29 is 9.47 Å². The Kier molecular flexibility index (Phi) is 3.15. The van der Waals surface area contributed by atoms with E-state index < -0.39 is 0 Å². The number of fused-ring (bicyclic) bond motifs is 1. The molecule has 18 heavy (non-hydrogen) atoms. The summed E-state index contributed by atoms with van der Waals surface area (Å²) in [4.78, 5) is 12.1. The third kappa shape index (κ3) is 2.18. The fourth-order valence-electron chi connectivity index (χ4n) is 2.23. The van der Waals surface area contributed by atoms with Gasteiger partial charge >= 0.3 is 0 Å². The van der Waals surface area contributed by atoms with Gasteiger partial charge in [-0.2, -0.15) is 4.98 Å². The van der Waals surface area contributed by atoms with E-state index in [0.717, 1.165) is 30.8 Å². The standard InChI is InChI=1S/C13H17N3O2/c1-2-17-11-7-6-9-12(15-11)16-13(14-9)10-5-3-4-8-18-10/h6-7,10H,2-5,8H2,1H3,(H,14,15,16). The molecular weight excluding hydrogens is 230 g/mol. The Labute approximate surface area is 106 Å². The number of aromatic nitrogens is 3. The third-order valence-electron chi connectivity index (χ3n) is 3.12. The topological polar surface area (TPSA) is 60.0 Å². The highest BCUT2D eigenvalue weighted by Gasteiger charge is 2.19. The summed E-state index contributed by atoms with van der Waals surface area (Å²) in [6.45, 7) is 3.37. The van der Waals surface area contributed by atoms with Crippen LogP contribution in [0.2, 0.25) is 0 Å². The molecule has 2 aromatic rings. The first-order valence-corrected chi connectivity index (χ1v) is 6.48. The van der Waals surface area contributed by atoms with Gasteiger partial charge in [-0.15, -0.1) is 0 Å². The highest BCUT2D eigenvalue weighted by Crippen LogP contribution is 2.27. The number of H-pyrrole nitrogens is 1. The van der Waals surface area contributed by atoms with Crippen LogP contribution in [0, 0.1) is 0 Å². The van der Waals surface area contributed by atoms with E-state index in [1.165, 1.54) is 6.42 Å². The number of hydrogen-bond acceptors (Lipinski definition) is 4. The molecule has 1 aliphatic heterocycles. The van der Waals surface area contributed by atoms with Gasteiger partial charge in [0.25, 0.3) is 0 Å².